The molecule has 5 rings (SSSR count). The number of aromatic nitrogens is 3. The molecule has 2 fully saturated rings. The lowest BCUT2D eigenvalue weighted by molar-refractivity contribution is -0.0285. The van der Waals surface area contributed by atoms with Gasteiger partial charge in [-0.1, -0.05) is 36.4 Å². The average molecular weight is 449 g/mol. The second-order valence-corrected chi connectivity index (χ2v) is 9.50. The summed E-state index contributed by atoms with van der Waals surface area (Å²) in [6, 6.07) is 16.0. The van der Waals surface area contributed by atoms with Crippen LogP contribution in [-0.2, 0) is 24.9 Å². The lowest BCUT2D eigenvalue weighted by Crippen LogP contribution is -2.46. The summed E-state index contributed by atoms with van der Waals surface area (Å²) >= 11 is 0. The Morgan fingerprint density at radius 2 is 1.73 bits per heavy atom. The molecule has 2 aromatic carbocycles. The van der Waals surface area contributed by atoms with Gasteiger partial charge in [-0.15, -0.1) is 0 Å². The summed E-state index contributed by atoms with van der Waals surface area (Å²) in [4.78, 5) is 31.1. The van der Waals surface area contributed by atoms with Gasteiger partial charge < -0.3 is 4.74 Å². The minimum atomic E-state index is -0.445. The molecule has 7 nitrogen and oxygen atoms in total. The van der Waals surface area contributed by atoms with Gasteiger partial charge in [-0.2, -0.15) is 4.98 Å². The topological polar surface area (TPSA) is 69.4 Å². The molecule has 0 aliphatic carbocycles. The van der Waals surface area contributed by atoms with Crippen molar-refractivity contribution in [3.8, 4) is 0 Å². The van der Waals surface area contributed by atoms with Crippen LogP contribution in [0.1, 0.15) is 43.5 Å². The lowest BCUT2D eigenvalue weighted by atomic mass is 9.99. The van der Waals surface area contributed by atoms with E-state index in [1.165, 1.54) is 38.3 Å². The van der Waals surface area contributed by atoms with Gasteiger partial charge in [0.2, 0.25) is 0 Å². The first kappa shape index (κ1) is 22.0. The van der Waals surface area contributed by atoms with Gasteiger partial charge in [-0.05, 0) is 61.4 Å². The Bertz CT molecular complexity index is 1250. The fourth-order valence-electron chi connectivity index (χ4n) is 5.55. The molecule has 3 aromatic rings. The molecule has 3 heterocycles. The van der Waals surface area contributed by atoms with E-state index in [9.17, 15) is 9.59 Å². The van der Waals surface area contributed by atoms with Gasteiger partial charge in [0.05, 0.1) is 12.7 Å². The van der Waals surface area contributed by atoms with Gasteiger partial charge in [-0.3, -0.25) is 9.47 Å². The summed E-state index contributed by atoms with van der Waals surface area (Å²) in [7, 11) is 1.66. The van der Waals surface area contributed by atoms with Crippen LogP contribution in [0.5, 0.6) is 0 Å². The average Bonchev–Trinajstić information content (AvgIpc) is 3.05. The maximum Gasteiger partial charge on any atom is 0.353 e. The van der Waals surface area contributed by atoms with Crippen molar-refractivity contribution in [2.45, 2.75) is 70.4 Å². The quantitative estimate of drug-likeness (QED) is 0.556. The zero-order chi connectivity index (χ0) is 22.9. The minimum absolute atomic E-state index is 0.281. The number of hydrogen-bond donors (Lipinski definition) is 0. The van der Waals surface area contributed by atoms with Crippen LogP contribution in [0.2, 0.25) is 0 Å². The summed E-state index contributed by atoms with van der Waals surface area (Å²) in [6.45, 7) is 3.64. The molecule has 2 aliphatic rings. The zero-order valence-electron chi connectivity index (χ0n) is 19.4. The van der Waals surface area contributed by atoms with Gasteiger partial charge in [0.25, 0.3) is 0 Å². The Balaban J connectivity index is 1.15. The predicted molar refractivity (Wildman–Crippen MR) is 128 cm³/mol. The van der Waals surface area contributed by atoms with E-state index in [1.807, 2.05) is 0 Å². The van der Waals surface area contributed by atoms with Crippen molar-refractivity contribution < 1.29 is 4.74 Å². The van der Waals surface area contributed by atoms with E-state index < -0.39 is 5.69 Å². The SMILES string of the molecule is Cc1nc(=O)n(CCCN2C3CCC2CC(OCc2ccc4ccccc4c2)C3)c(=O)n1C. The summed E-state index contributed by atoms with van der Waals surface area (Å²) < 4.78 is 9.04. The van der Waals surface area contributed by atoms with Crippen LogP contribution < -0.4 is 11.4 Å². The Hall–Kier alpha value is -2.77. The monoisotopic (exact) mass is 448 g/mol. The largest absolute Gasteiger partial charge is 0.373 e. The Morgan fingerprint density at radius 1 is 1.00 bits per heavy atom. The van der Waals surface area contributed by atoms with Crippen LogP contribution in [0, 0.1) is 6.92 Å². The van der Waals surface area contributed by atoms with E-state index in [-0.39, 0.29) is 5.69 Å². The van der Waals surface area contributed by atoms with E-state index in [0.717, 1.165) is 25.8 Å². The smallest absolute Gasteiger partial charge is 0.353 e. The molecule has 2 atom stereocenters. The van der Waals surface area contributed by atoms with Crippen molar-refractivity contribution in [2.75, 3.05) is 6.54 Å². The van der Waals surface area contributed by atoms with Crippen molar-refractivity contribution in [3.05, 3.63) is 74.8 Å². The van der Waals surface area contributed by atoms with E-state index in [4.69, 9.17) is 4.74 Å². The van der Waals surface area contributed by atoms with Gasteiger partial charge in [-0.25, -0.2) is 14.2 Å². The van der Waals surface area contributed by atoms with Crippen molar-refractivity contribution in [3.63, 3.8) is 0 Å². The number of hydrogen-bond acceptors (Lipinski definition) is 5. The molecule has 0 spiro atoms. The second kappa shape index (κ2) is 9.23. The van der Waals surface area contributed by atoms with Crippen LogP contribution in [-0.4, -0.2) is 43.8 Å². The highest BCUT2D eigenvalue weighted by molar-refractivity contribution is 5.82. The van der Waals surface area contributed by atoms with Gasteiger partial charge >= 0.3 is 11.4 Å². The molecule has 174 valence electrons. The molecule has 2 bridgehead atoms. The van der Waals surface area contributed by atoms with Crippen molar-refractivity contribution in [1.82, 2.24) is 19.0 Å². The maximum atomic E-state index is 12.4. The third kappa shape index (κ3) is 4.52. The highest BCUT2D eigenvalue weighted by Crippen LogP contribution is 2.37. The first-order valence-electron chi connectivity index (χ1n) is 12.0. The molecule has 0 N–H and O–H groups in total. The maximum absolute atomic E-state index is 12.4. The Kier molecular flexibility index (Phi) is 6.17. The highest BCUT2D eigenvalue weighted by Gasteiger charge is 2.40. The molecular weight excluding hydrogens is 416 g/mol. The van der Waals surface area contributed by atoms with E-state index >= 15 is 0 Å². The molecule has 1 aromatic heterocycles. The molecule has 2 saturated heterocycles. The van der Waals surface area contributed by atoms with Crippen LogP contribution >= 0.6 is 0 Å². The van der Waals surface area contributed by atoms with Crippen LogP contribution in [0.3, 0.4) is 0 Å². The normalized spacial score (nSPS) is 22.8. The predicted octanol–water partition coefficient (Wildman–Crippen LogP) is 3.01. The molecule has 2 aliphatic heterocycles. The van der Waals surface area contributed by atoms with Gasteiger partial charge in [0.1, 0.15) is 5.82 Å². The summed E-state index contributed by atoms with van der Waals surface area (Å²) in [5.74, 6) is 0.449. The highest BCUT2D eigenvalue weighted by atomic mass is 16.5. The summed E-state index contributed by atoms with van der Waals surface area (Å²) in [5, 5.41) is 2.51. The van der Waals surface area contributed by atoms with Crippen LogP contribution in [0.25, 0.3) is 10.8 Å². The molecule has 7 heteroatoms. The number of benzene rings is 2. The lowest BCUT2D eigenvalue weighted by Gasteiger charge is -2.39. The van der Waals surface area contributed by atoms with E-state index in [1.54, 1.807) is 14.0 Å². The number of nitrogens with zero attached hydrogens (tertiary/aromatic N) is 4. The summed E-state index contributed by atoms with van der Waals surface area (Å²) in [6.07, 6.45) is 5.58. The van der Waals surface area contributed by atoms with E-state index in [0.29, 0.717) is 37.2 Å². The van der Waals surface area contributed by atoms with Gasteiger partial charge in [0, 0.05) is 32.2 Å². The first-order valence-corrected chi connectivity index (χ1v) is 12.0. The second-order valence-electron chi connectivity index (χ2n) is 9.50. The third-order valence-electron chi connectivity index (χ3n) is 7.43. The van der Waals surface area contributed by atoms with Crippen LogP contribution in [0.15, 0.2) is 52.1 Å². The fraction of sp³-hybridized carbons (Fsp3) is 0.500. The molecular formula is C26H32N4O3. The third-order valence-corrected chi connectivity index (χ3v) is 7.43. The fourth-order valence-corrected chi connectivity index (χ4v) is 5.55. The molecule has 2 unspecified atom stereocenters. The molecule has 33 heavy (non-hydrogen) atoms. The van der Waals surface area contributed by atoms with Crippen molar-refractivity contribution in [2.24, 2.45) is 7.05 Å². The molecule has 0 amide bonds. The Morgan fingerprint density at radius 3 is 2.48 bits per heavy atom. The minimum Gasteiger partial charge on any atom is -0.373 e. The van der Waals surface area contributed by atoms with Crippen molar-refractivity contribution in [1.29, 1.82) is 0 Å². The van der Waals surface area contributed by atoms with E-state index in [2.05, 4.69) is 52.3 Å². The summed E-state index contributed by atoms with van der Waals surface area (Å²) in [5.41, 5.74) is 0.498. The number of aryl methyl sites for hydroxylation is 1. The number of ether oxygens (including phenoxy) is 1. The van der Waals surface area contributed by atoms with Crippen molar-refractivity contribution >= 4 is 10.8 Å². The molecule has 0 saturated carbocycles. The number of rotatable bonds is 7. The number of piperidine rings is 1. The number of fused-ring (bicyclic) bond motifs is 3. The Labute approximate surface area is 193 Å². The standard InChI is InChI=1S/C26H32N4O3/c1-18-27-25(31)30(26(32)28(18)2)13-5-12-29-22-10-11-23(29)16-24(15-22)33-17-19-8-9-20-6-3-4-7-21(20)14-19/h3-4,6-9,14,22-24H,5,10-13,15-17H2,1-2H3. The molecule has 0 radical (unpaired) electrons. The first-order chi connectivity index (χ1) is 16.0. The zero-order valence-corrected chi connectivity index (χ0v) is 19.4. The van der Waals surface area contributed by atoms with Crippen LogP contribution in [0.4, 0.5) is 0 Å². The van der Waals surface area contributed by atoms with Gasteiger partial charge in [0.15, 0.2) is 0 Å².